The molecule has 2 aromatic rings. The topological polar surface area (TPSA) is 28.5 Å². The van der Waals surface area contributed by atoms with Gasteiger partial charge in [-0.25, -0.2) is 0 Å². The number of carbonyl (C=O) groups excluding carboxylic acids is 1. The van der Waals surface area contributed by atoms with Gasteiger partial charge in [0.2, 0.25) is 0 Å². The third-order valence-corrected chi connectivity index (χ3v) is 4.06. The molecule has 2 heterocycles. The number of hydrogen-bond donors (Lipinski definition) is 0. The van der Waals surface area contributed by atoms with Gasteiger partial charge in [0, 0.05) is 30.2 Å². The molecule has 0 atom stereocenters. The molecule has 0 aliphatic carbocycles. The number of alkyl halides is 3. The van der Waals surface area contributed by atoms with Crippen LogP contribution in [-0.4, -0.2) is 35.6 Å². The molecule has 0 unspecified atom stereocenters. The molecule has 24 heavy (non-hydrogen) atoms. The maximum atomic E-state index is 13.0. The van der Waals surface area contributed by atoms with E-state index < -0.39 is 12.1 Å². The molecule has 1 aromatic carbocycles. The van der Waals surface area contributed by atoms with Gasteiger partial charge in [-0.05, 0) is 37.9 Å². The predicted octanol–water partition coefficient (Wildman–Crippen LogP) is 3.01. The number of nitrogens with zero attached hydrogens (tertiary/aromatic N) is 3. The predicted molar refractivity (Wildman–Crippen MR) is 84.6 cm³/mol. The quantitative estimate of drug-likeness (QED) is 0.843. The summed E-state index contributed by atoms with van der Waals surface area (Å²) in [7, 11) is 3.87. The minimum atomic E-state index is -4.90. The molecule has 0 spiro atoms. The number of amides is 1. The van der Waals surface area contributed by atoms with E-state index in [4.69, 9.17) is 0 Å². The first-order chi connectivity index (χ1) is 11.3. The van der Waals surface area contributed by atoms with E-state index in [0.717, 1.165) is 10.6 Å². The zero-order valence-electron chi connectivity index (χ0n) is 13.5. The lowest BCUT2D eigenvalue weighted by molar-refractivity contribution is -0.170. The molecule has 0 N–H and O–H groups in total. The molecule has 0 saturated heterocycles. The van der Waals surface area contributed by atoms with Crippen molar-refractivity contribution in [3.05, 3.63) is 53.3 Å². The molecule has 7 heteroatoms. The summed E-state index contributed by atoms with van der Waals surface area (Å²) in [6.07, 6.45) is -4.90. The van der Waals surface area contributed by atoms with Crippen LogP contribution in [0.2, 0.25) is 0 Å². The van der Waals surface area contributed by atoms with Gasteiger partial charge in [-0.2, -0.15) is 13.2 Å². The van der Waals surface area contributed by atoms with Gasteiger partial charge < -0.3 is 9.47 Å². The van der Waals surface area contributed by atoms with Gasteiger partial charge >= 0.3 is 12.1 Å². The smallest absolute Gasteiger partial charge is 0.341 e. The number of anilines is 1. The lowest BCUT2D eigenvalue weighted by Crippen LogP contribution is -2.41. The summed E-state index contributed by atoms with van der Waals surface area (Å²) in [6.45, 7) is 1.03. The first-order valence-electron chi connectivity index (χ1n) is 7.56. The average molecular weight is 337 g/mol. The molecule has 3 rings (SSSR count). The molecule has 0 fully saturated rings. The van der Waals surface area contributed by atoms with E-state index in [2.05, 4.69) is 0 Å². The standard InChI is InChI=1S/C17H18F3N3O/c1-21(2)10-13-7-8-14-11-23(16(24)17(18,19)20)15-6-4-3-5-12(15)9-22(13)14/h3-8H,9-11H2,1-2H3. The first kappa shape index (κ1) is 16.6. The maximum Gasteiger partial charge on any atom is 0.471 e. The van der Waals surface area contributed by atoms with Gasteiger partial charge in [-0.1, -0.05) is 18.2 Å². The van der Waals surface area contributed by atoms with E-state index in [0.29, 0.717) is 30.0 Å². The lowest BCUT2D eigenvalue weighted by atomic mass is 10.1. The fourth-order valence-electron chi connectivity index (χ4n) is 3.02. The number of aromatic nitrogens is 1. The highest BCUT2D eigenvalue weighted by molar-refractivity contribution is 5.98. The van der Waals surface area contributed by atoms with Crippen LogP contribution in [0, 0.1) is 0 Å². The van der Waals surface area contributed by atoms with Crippen molar-refractivity contribution >= 4 is 11.6 Å². The van der Waals surface area contributed by atoms with Crippen molar-refractivity contribution in [2.24, 2.45) is 0 Å². The highest BCUT2D eigenvalue weighted by Crippen LogP contribution is 2.32. The molecule has 128 valence electrons. The largest absolute Gasteiger partial charge is 0.471 e. The zero-order chi connectivity index (χ0) is 17.5. The Morgan fingerprint density at radius 2 is 1.83 bits per heavy atom. The zero-order valence-corrected chi connectivity index (χ0v) is 13.5. The number of carbonyl (C=O) groups is 1. The van der Waals surface area contributed by atoms with Crippen LogP contribution in [0.5, 0.6) is 0 Å². The molecule has 1 aliphatic rings. The van der Waals surface area contributed by atoms with Crippen LogP contribution < -0.4 is 4.90 Å². The van der Waals surface area contributed by atoms with E-state index in [1.54, 1.807) is 30.3 Å². The molecular weight excluding hydrogens is 319 g/mol. The number of hydrogen-bond acceptors (Lipinski definition) is 2. The van der Waals surface area contributed by atoms with Gasteiger partial charge in [0.1, 0.15) is 0 Å². The van der Waals surface area contributed by atoms with Crippen LogP contribution in [0.1, 0.15) is 17.0 Å². The molecule has 1 aliphatic heterocycles. The van der Waals surface area contributed by atoms with Crippen molar-refractivity contribution in [2.75, 3.05) is 19.0 Å². The normalized spacial score (nSPS) is 14.3. The Bertz CT molecular complexity index is 765. The van der Waals surface area contributed by atoms with Crippen LogP contribution in [0.25, 0.3) is 0 Å². The Kier molecular flexibility index (Phi) is 4.13. The van der Waals surface area contributed by atoms with Crippen molar-refractivity contribution < 1.29 is 18.0 Å². The molecule has 0 bridgehead atoms. The average Bonchev–Trinajstić information content (AvgIpc) is 2.77. The molecule has 0 saturated carbocycles. The fraction of sp³-hybridized carbons (Fsp3) is 0.353. The van der Waals surface area contributed by atoms with Gasteiger partial charge in [0.05, 0.1) is 6.54 Å². The van der Waals surface area contributed by atoms with Crippen molar-refractivity contribution in [1.29, 1.82) is 0 Å². The second kappa shape index (κ2) is 5.98. The Hall–Kier alpha value is -2.28. The third kappa shape index (κ3) is 3.03. The van der Waals surface area contributed by atoms with Crippen molar-refractivity contribution in [3.8, 4) is 0 Å². The Balaban J connectivity index is 2.08. The Morgan fingerprint density at radius 1 is 1.12 bits per heavy atom. The SMILES string of the molecule is CN(C)Cc1ccc2n1Cc1ccccc1N(C(=O)C(F)(F)F)C2. The van der Waals surface area contributed by atoms with E-state index in [-0.39, 0.29) is 6.54 Å². The summed E-state index contributed by atoms with van der Waals surface area (Å²) in [6, 6.07) is 10.4. The number of halogens is 3. The van der Waals surface area contributed by atoms with Gasteiger partial charge in [-0.15, -0.1) is 0 Å². The Morgan fingerprint density at radius 3 is 2.50 bits per heavy atom. The molecular formula is C17H18F3N3O. The fourth-order valence-corrected chi connectivity index (χ4v) is 3.02. The summed E-state index contributed by atoms with van der Waals surface area (Å²) < 4.78 is 41.0. The number of para-hydroxylation sites is 1. The molecule has 4 nitrogen and oxygen atoms in total. The lowest BCUT2D eigenvalue weighted by Gasteiger charge is -2.23. The van der Waals surface area contributed by atoms with Crippen LogP contribution in [0.15, 0.2) is 36.4 Å². The highest BCUT2D eigenvalue weighted by atomic mass is 19.4. The second-order valence-electron chi connectivity index (χ2n) is 6.16. The van der Waals surface area contributed by atoms with Gasteiger partial charge in [0.25, 0.3) is 0 Å². The highest BCUT2D eigenvalue weighted by Gasteiger charge is 2.44. The molecule has 0 radical (unpaired) electrons. The second-order valence-corrected chi connectivity index (χ2v) is 6.16. The van der Waals surface area contributed by atoms with E-state index in [9.17, 15) is 18.0 Å². The van der Waals surface area contributed by atoms with Crippen LogP contribution in [0.4, 0.5) is 18.9 Å². The summed E-state index contributed by atoms with van der Waals surface area (Å²) in [5, 5.41) is 0. The maximum absolute atomic E-state index is 13.0. The first-order valence-corrected chi connectivity index (χ1v) is 7.56. The molecule has 1 aromatic heterocycles. The monoisotopic (exact) mass is 337 g/mol. The summed E-state index contributed by atoms with van der Waals surface area (Å²) in [4.78, 5) is 14.7. The van der Waals surface area contributed by atoms with Crippen molar-refractivity contribution in [2.45, 2.75) is 25.8 Å². The van der Waals surface area contributed by atoms with Crippen LogP contribution in [-0.2, 0) is 24.4 Å². The van der Waals surface area contributed by atoms with E-state index >= 15 is 0 Å². The number of rotatable bonds is 2. The van der Waals surface area contributed by atoms with E-state index in [1.165, 1.54) is 0 Å². The van der Waals surface area contributed by atoms with Gasteiger partial charge in [-0.3, -0.25) is 9.69 Å². The van der Waals surface area contributed by atoms with Crippen molar-refractivity contribution in [3.63, 3.8) is 0 Å². The summed E-state index contributed by atoms with van der Waals surface area (Å²) >= 11 is 0. The third-order valence-electron chi connectivity index (χ3n) is 4.06. The van der Waals surface area contributed by atoms with Crippen LogP contribution >= 0.6 is 0 Å². The number of fused-ring (bicyclic) bond motifs is 2. The molecule has 1 amide bonds. The summed E-state index contributed by atoms with van der Waals surface area (Å²) in [5.74, 6) is -1.83. The van der Waals surface area contributed by atoms with Gasteiger partial charge in [0.15, 0.2) is 0 Å². The van der Waals surface area contributed by atoms with Crippen molar-refractivity contribution in [1.82, 2.24) is 9.47 Å². The minimum absolute atomic E-state index is 0.0945. The minimum Gasteiger partial charge on any atom is -0.341 e. The number of benzene rings is 1. The Labute approximate surface area is 138 Å². The summed E-state index contributed by atoms with van der Waals surface area (Å²) in [5.41, 5.74) is 2.72. The van der Waals surface area contributed by atoms with Crippen LogP contribution in [0.3, 0.4) is 0 Å². The van der Waals surface area contributed by atoms with E-state index in [1.807, 2.05) is 29.6 Å².